The third-order valence-electron chi connectivity index (χ3n) is 3.39. The van der Waals surface area contributed by atoms with E-state index in [1.54, 1.807) is 7.11 Å². The van der Waals surface area contributed by atoms with Crippen LogP contribution in [0.15, 0.2) is 18.2 Å². The van der Waals surface area contributed by atoms with Crippen LogP contribution < -0.4 is 15.4 Å². The zero-order chi connectivity index (χ0) is 13.2. The number of benzene rings is 1. The quantitative estimate of drug-likeness (QED) is 0.819. The van der Waals surface area contributed by atoms with Gasteiger partial charge in [0.25, 0.3) is 0 Å². The van der Waals surface area contributed by atoms with Crippen molar-refractivity contribution in [2.45, 2.75) is 33.7 Å². The van der Waals surface area contributed by atoms with Crippen LogP contribution in [0.1, 0.15) is 27.7 Å². The number of ether oxygens (including phenoxy) is 1. The van der Waals surface area contributed by atoms with Gasteiger partial charge in [-0.1, -0.05) is 20.8 Å². The largest absolute Gasteiger partial charge is 0.497 e. The Balaban J connectivity index is 3.03. The lowest BCUT2D eigenvalue weighted by Gasteiger charge is -2.37. The molecule has 0 spiro atoms. The molecule has 0 saturated carbocycles. The summed E-state index contributed by atoms with van der Waals surface area (Å²) in [6.45, 7) is 8.92. The van der Waals surface area contributed by atoms with Gasteiger partial charge >= 0.3 is 0 Å². The van der Waals surface area contributed by atoms with Crippen molar-refractivity contribution in [3.63, 3.8) is 0 Å². The van der Waals surface area contributed by atoms with E-state index in [1.165, 1.54) is 0 Å². The zero-order valence-electron chi connectivity index (χ0n) is 11.7. The minimum absolute atomic E-state index is 0.215. The summed E-state index contributed by atoms with van der Waals surface area (Å²) in [5, 5.41) is 0. The van der Waals surface area contributed by atoms with Crippen molar-refractivity contribution in [3.8, 4) is 5.75 Å². The summed E-state index contributed by atoms with van der Waals surface area (Å²) in [7, 11) is 3.75. The molecule has 0 aliphatic heterocycles. The van der Waals surface area contributed by atoms with Crippen LogP contribution in [0.25, 0.3) is 0 Å². The third-order valence-corrected chi connectivity index (χ3v) is 3.39. The van der Waals surface area contributed by atoms with Crippen molar-refractivity contribution in [1.82, 2.24) is 0 Å². The number of anilines is 2. The van der Waals surface area contributed by atoms with Gasteiger partial charge in [-0.3, -0.25) is 0 Å². The van der Waals surface area contributed by atoms with Gasteiger partial charge in [-0.2, -0.15) is 0 Å². The normalized spacial score (nSPS) is 13.3. The zero-order valence-corrected chi connectivity index (χ0v) is 11.7. The molecule has 0 radical (unpaired) electrons. The van der Waals surface area contributed by atoms with Crippen LogP contribution in [-0.4, -0.2) is 20.2 Å². The Morgan fingerprint density at radius 3 is 2.29 bits per heavy atom. The molecule has 3 nitrogen and oxygen atoms in total. The van der Waals surface area contributed by atoms with E-state index in [2.05, 4.69) is 39.6 Å². The molecule has 0 amide bonds. The molecule has 1 atom stereocenters. The molecule has 0 saturated heterocycles. The Morgan fingerprint density at radius 1 is 1.24 bits per heavy atom. The van der Waals surface area contributed by atoms with Gasteiger partial charge < -0.3 is 15.4 Å². The van der Waals surface area contributed by atoms with Crippen molar-refractivity contribution >= 4 is 11.4 Å². The minimum Gasteiger partial charge on any atom is -0.497 e. The fourth-order valence-corrected chi connectivity index (χ4v) is 1.73. The Kier molecular flexibility index (Phi) is 3.91. The van der Waals surface area contributed by atoms with Gasteiger partial charge in [0.1, 0.15) is 5.75 Å². The number of nitrogens with zero attached hydrogens (tertiary/aromatic N) is 1. The van der Waals surface area contributed by atoms with Crippen LogP contribution in [0.5, 0.6) is 5.75 Å². The van der Waals surface area contributed by atoms with E-state index >= 15 is 0 Å². The Bertz CT molecular complexity index is 382. The van der Waals surface area contributed by atoms with Crippen molar-refractivity contribution in [2.75, 3.05) is 24.8 Å². The SMILES string of the molecule is COc1cc(N)cc(N(C)C(C)C(C)(C)C)c1. The van der Waals surface area contributed by atoms with E-state index in [9.17, 15) is 0 Å². The van der Waals surface area contributed by atoms with E-state index < -0.39 is 0 Å². The third kappa shape index (κ3) is 3.29. The first-order valence-corrected chi connectivity index (χ1v) is 5.93. The van der Waals surface area contributed by atoms with E-state index in [0.29, 0.717) is 6.04 Å². The molecule has 0 aliphatic rings. The van der Waals surface area contributed by atoms with Gasteiger partial charge in [-0.15, -0.1) is 0 Å². The standard InChI is InChI=1S/C14H24N2O/c1-10(14(2,3)4)16(5)12-7-11(15)8-13(9-12)17-6/h7-10H,15H2,1-6H3. The van der Waals surface area contributed by atoms with Crippen LogP contribution >= 0.6 is 0 Å². The maximum Gasteiger partial charge on any atom is 0.122 e. The number of nitrogen functional groups attached to an aromatic ring is 1. The summed E-state index contributed by atoms with van der Waals surface area (Å²) in [5.41, 5.74) is 7.91. The molecule has 3 heteroatoms. The minimum atomic E-state index is 0.215. The monoisotopic (exact) mass is 236 g/mol. The van der Waals surface area contributed by atoms with Gasteiger partial charge in [-0.25, -0.2) is 0 Å². The summed E-state index contributed by atoms with van der Waals surface area (Å²) >= 11 is 0. The first kappa shape index (κ1) is 13.7. The Hall–Kier alpha value is -1.38. The molecule has 96 valence electrons. The lowest BCUT2D eigenvalue weighted by atomic mass is 9.87. The predicted molar refractivity (Wildman–Crippen MR) is 74.7 cm³/mol. The van der Waals surface area contributed by atoms with Crippen LogP contribution in [0.3, 0.4) is 0 Å². The van der Waals surface area contributed by atoms with E-state index in [1.807, 2.05) is 18.2 Å². The first-order chi connectivity index (χ1) is 7.75. The molecule has 0 fully saturated rings. The maximum absolute atomic E-state index is 5.88. The van der Waals surface area contributed by atoms with Crippen molar-refractivity contribution in [1.29, 1.82) is 0 Å². The molecular weight excluding hydrogens is 212 g/mol. The second-order valence-corrected chi connectivity index (χ2v) is 5.62. The molecule has 0 heterocycles. The molecular formula is C14H24N2O. The number of nitrogens with two attached hydrogens (primary N) is 1. The van der Waals surface area contributed by atoms with Crippen LogP contribution in [0.2, 0.25) is 0 Å². The Labute approximate surface area is 105 Å². The van der Waals surface area contributed by atoms with Crippen molar-refractivity contribution < 1.29 is 4.74 Å². The predicted octanol–water partition coefficient (Wildman–Crippen LogP) is 3.15. The average molecular weight is 236 g/mol. The highest BCUT2D eigenvalue weighted by molar-refractivity contribution is 5.60. The summed E-state index contributed by atoms with van der Waals surface area (Å²) in [6.07, 6.45) is 0. The van der Waals surface area contributed by atoms with Crippen LogP contribution in [0, 0.1) is 5.41 Å². The van der Waals surface area contributed by atoms with Gasteiger partial charge in [0, 0.05) is 36.6 Å². The number of rotatable bonds is 3. The molecule has 1 rings (SSSR count). The maximum atomic E-state index is 5.88. The fraction of sp³-hybridized carbons (Fsp3) is 0.571. The second-order valence-electron chi connectivity index (χ2n) is 5.62. The molecule has 0 aliphatic carbocycles. The summed E-state index contributed by atoms with van der Waals surface area (Å²) in [6, 6.07) is 6.23. The summed E-state index contributed by atoms with van der Waals surface area (Å²) < 4.78 is 5.24. The van der Waals surface area contributed by atoms with Crippen molar-refractivity contribution in [3.05, 3.63) is 18.2 Å². The summed E-state index contributed by atoms with van der Waals surface area (Å²) in [4.78, 5) is 2.24. The highest BCUT2D eigenvalue weighted by atomic mass is 16.5. The smallest absolute Gasteiger partial charge is 0.122 e. The van der Waals surface area contributed by atoms with Crippen LogP contribution in [0.4, 0.5) is 11.4 Å². The molecule has 0 bridgehead atoms. The average Bonchev–Trinajstić information content (AvgIpc) is 2.24. The number of methoxy groups -OCH3 is 1. The number of hydrogen-bond donors (Lipinski definition) is 1. The molecule has 1 aromatic carbocycles. The van der Waals surface area contributed by atoms with Gasteiger partial charge in [0.05, 0.1) is 7.11 Å². The number of hydrogen-bond acceptors (Lipinski definition) is 3. The molecule has 2 N–H and O–H groups in total. The molecule has 1 unspecified atom stereocenters. The first-order valence-electron chi connectivity index (χ1n) is 5.93. The van der Waals surface area contributed by atoms with E-state index in [-0.39, 0.29) is 5.41 Å². The van der Waals surface area contributed by atoms with E-state index in [4.69, 9.17) is 10.5 Å². The molecule has 17 heavy (non-hydrogen) atoms. The second kappa shape index (κ2) is 4.86. The summed E-state index contributed by atoms with van der Waals surface area (Å²) in [5.74, 6) is 0.799. The lowest BCUT2D eigenvalue weighted by molar-refractivity contribution is 0.329. The molecule has 0 aromatic heterocycles. The highest BCUT2D eigenvalue weighted by Crippen LogP contribution is 2.30. The fourth-order valence-electron chi connectivity index (χ4n) is 1.73. The highest BCUT2D eigenvalue weighted by Gasteiger charge is 2.24. The lowest BCUT2D eigenvalue weighted by Crippen LogP contribution is -2.39. The van der Waals surface area contributed by atoms with Crippen LogP contribution in [-0.2, 0) is 0 Å². The van der Waals surface area contributed by atoms with Gasteiger partial charge in [0.2, 0.25) is 0 Å². The van der Waals surface area contributed by atoms with Gasteiger partial charge in [-0.05, 0) is 18.4 Å². The molecule has 1 aromatic rings. The van der Waals surface area contributed by atoms with E-state index in [0.717, 1.165) is 17.1 Å². The Morgan fingerprint density at radius 2 is 1.82 bits per heavy atom. The van der Waals surface area contributed by atoms with Crippen molar-refractivity contribution in [2.24, 2.45) is 5.41 Å². The van der Waals surface area contributed by atoms with Gasteiger partial charge in [0.15, 0.2) is 0 Å². The topological polar surface area (TPSA) is 38.5 Å².